The maximum atomic E-state index is 11.7. The predicted molar refractivity (Wildman–Crippen MR) is 78.2 cm³/mol. The Morgan fingerprint density at radius 3 is 2.84 bits per heavy atom. The zero-order valence-corrected chi connectivity index (χ0v) is 12.1. The highest BCUT2D eigenvalue weighted by molar-refractivity contribution is 9.10. The molecule has 0 saturated heterocycles. The van der Waals surface area contributed by atoms with Crippen LogP contribution in [0.25, 0.3) is 11.0 Å². The maximum Gasteiger partial charge on any atom is 0.262 e. The SMILES string of the molecule is O=c1[nH]c(SCc2ccc(Br)cc2)nc2[nH]ncc12. The van der Waals surface area contributed by atoms with E-state index in [1.165, 1.54) is 23.5 Å². The Morgan fingerprint density at radius 1 is 1.26 bits per heavy atom. The summed E-state index contributed by atoms with van der Waals surface area (Å²) in [7, 11) is 0. The van der Waals surface area contributed by atoms with Gasteiger partial charge in [0.05, 0.1) is 6.20 Å². The number of aromatic amines is 2. The van der Waals surface area contributed by atoms with Crippen molar-refractivity contribution in [2.24, 2.45) is 0 Å². The van der Waals surface area contributed by atoms with Gasteiger partial charge >= 0.3 is 0 Å². The first-order valence-corrected chi connectivity index (χ1v) is 7.31. The fourth-order valence-electron chi connectivity index (χ4n) is 1.63. The van der Waals surface area contributed by atoms with Crippen molar-refractivity contribution in [3.05, 3.63) is 50.9 Å². The number of rotatable bonds is 3. The van der Waals surface area contributed by atoms with Gasteiger partial charge in [0.15, 0.2) is 10.8 Å². The molecule has 3 rings (SSSR count). The van der Waals surface area contributed by atoms with E-state index in [2.05, 4.69) is 36.1 Å². The zero-order valence-electron chi connectivity index (χ0n) is 9.68. The minimum absolute atomic E-state index is 0.169. The summed E-state index contributed by atoms with van der Waals surface area (Å²) in [6.45, 7) is 0. The maximum absolute atomic E-state index is 11.7. The topological polar surface area (TPSA) is 74.4 Å². The molecule has 0 aliphatic rings. The molecule has 0 fully saturated rings. The molecule has 2 aromatic heterocycles. The largest absolute Gasteiger partial charge is 0.301 e. The number of H-pyrrole nitrogens is 2. The normalized spacial score (nSPS) is 11.0. The minimum Gasteiger partial charge on any atom is -0.301 e. The van der Waals surface area contributed by atoms with Crippen LogP contribution in [0.1, 0.15) is 5.56 Å². The molecular weight excluding hydrogens is 328 g/mol. The molecule has 3 aromatic rings. The summed E-state index contributed by atoms with van der Waals surface area (Å²) in [6, 6.07) is 8.04. The van der Waals surface area contributed by atoms with Crippen molar-refractivity contribution in [2.45, 2.75) is 10.9 Å². The summed E-state index contributed by atoms with van der Waals surface area (Å²) in [5.74, 6) is 0.746. The van der Waals surface area contributed by atoms with E-state index in [-0.39, 0.29) is 5.56 Å². The molecule has 7 heteroatoms. The highest BCUT2D eigenvalue weighted by Crippen LogP contribution is 2.20. The van der Waals surface area contributed by atoms with Gasteiger partial charge in [-0.1, -0.05) is 39.8 Å². The molecule has 0 bridgehead atoms. The fraction of sp³-hybridized carbons (Fsp3) is 0.0833. The number of halogens is 1. The van der Waals surface area contributed by atoms with Gasteiger partial charge in [-0.3, -0.25) is 9.89 Å². The van der Waals surface area contributed by atoms with Gasteiger partial charge < -0.3 is 4.98 Å². The quantitative estimate of drug-likeness (QED) is 0.569. The molecule has 0 radical (unpaired) electrons. The monoisotopic (exact) mass is 336 g/mol. The molecule has 1 aromatic carbocycles. The Kier molecular flexibility index (Phi) is 3.39. The average molecular weight is 337 g/mol. The van der Waals surface area contributed by atoms with E-state index in [0.29, 0.717) is 16.2 Å². The predicted octanol–water partition coefficient (Wildman–Crippen LogP) is 2.70. The van der Waals surface area contributed by atoms with Crippen LogP contribution in [0.4, 0.5) is 0 Å². The van der Waals surface area contributed by atoms with Gasteiger partial charge in [-0.05, 0) is 17.7 Å². The summed E-state index contributed by atoms with van der Waals surface area (Å²) in [4.78, 5) is 18.8. The van der Waals surface area contributed by atoms with Crippen molar-refractivity contribution in [3.8, 4) is 0 Å². The number of fused-ring (bicyclic) bond motifs is 1. The van der Waals surface area contributed by atoms with Crippen molar-refractivity contribution in [2.75, 3.05) is 0 Å². The summed E-state index contributed by atoms with van der Waals surface area (Å²) in [5, 5.41) is 7.58. The number of benzene rings is 1. The third-order valence-electron chi connectivity index (χ3n) is 2.59. The molecule has 19 heavy (non-hydrogen) atoms. The lowest BCUT2D eigenvalue weighted by atomic mass is 10.2. The molecule has 0 saturated carbocycles. The van der Waals surface area contributed by atoms with E-state index < -0.39 is 0 Å². The second-order valence-electron chi connectivity index (χ2n) is 3.92. The van der Waals surface area contributed by atoms with E-state index in [4.69, 9.17) is 0 Å². The van der Waals surface area contributed by atoms with Crippen LogP contribution in [0.15, 0.2) is 44.9 Å². The second-order valence-corrected chi connectivity index (χ2v) is 5.80. The van der Waals surface area contributed by atoms with Crippen LogP contribution in [-0.2, 0) is 5.75 Å². The van der Waals surface area contributed by atoms with Crippen LogP contribution >= 0.6 is 27.7 Å². The van der Waals surface area contributed by atoms with Crippen molar-refractivity contribution in [3.63, 3.8) is 0 Å². The Balaban J connectivity index is 1.81. The van der Waals surface area contributed by atoms with Crippen LogP contribution in [0.3, 0.4) is 0 Å². The molecule has 0 amide bonds. The van der Waals surface area contributed by atoms with Gasteiger partial charge in [-0.2, -0.15) is 5.10 Å². The molecule has 0 spiro atoms. The van der Waals surface area contributed by atoms with Gasteiger partial charge in [-0.15, -0.1) is 0 Å². The average Bonchev–Trinajstić information content (AvgIpc) is 2.87. The van der Waals surface area contributed by atoms with Crippen molar-refractivity contribution in [1.82, 2.24) is 20.2 Å². The van der Waals surface area contributed by atoms with Gasteiger partial charge in [0.2, 0.25) is 0 Å². The Morgan fingerprint density at radius 2 is 2.05 bits per heavy atom. The fourth-order valence-corrected chi connectivity index (χ4v) is 2.71. The van der Waals surface area contributed by atoms with E-state index in [9.17, 15) is 4.79 Å². The highest BCUT2D eigenvalue weighted by atomic mass is 79.9. The van der Waals surface area contributed by atoms with Crippen LogP contribution in [0.5, 0.6) is 0 Å². The standard InChI is InChI=1S/C12H9BrN4OS/c13-8-3-1-7(2-4-8)6-19-12-15-10-9(5-14-17-10)11(18)16-12/h1-5H,6H2,(H2,14,15,16,17,18). The van der Waals surface area contributed by atoms with E-state index in [1.54, 1.807) is 0 Å². The molecule has 5 nitrogen and oxygen atoms in total. The smallest absolute Gasteiger partial charge is 0.262 e. The first-order chi connectivity index (χ1) is 9.22. The van der Waals surface area contributed by atoms with Crippen molar-refractivity contribution < 1.29 is 0 Å². The Hall–Kier alpha value is -1.60. The van der Waals surface area contributed by atoms with E-state index >= 15 is 0 Å². The van der Waals surface area contributed by atoms with Crippen LogP contribution in [0, 0.1) is 0 Å². The molecule has 0 atom stereocenters. The van der Waals surface area contributed by atoms with Crippen molar-refractivity contribution >= 4 is 38.7 Å². The van der Waals surface area contributed by atoms with Gasteiger partial charge in [0, 0.05) is 10.2 Å². The lowest BCUT2D eigenvalue weighted by Gasteiger charge is -2.01. The van der Waals surface area contributed by atoms with E-state index in [1.807, 2.05) is 24.3 Å². The first kappa shape index (κ1) is 12.4. The number of hydrogen-bond acceptors (Lipinski definition) is 4. The number of aromatic nitrogens is 4. The van der Waals surface area contributed by atoms with Crippen LogP contribution in [0.2, 0.25) is 0 Å². The van der Waals surface area contributed by atoms with Gasteiger partial charge in [0.25, 0.3) is 5.56 Å². The van der Waals surface area contributed by atoms with Crippen LogP contribution in [-0.4, -0.2) is 20.2 Å². The molecule has 0 unspecified atom stereocenters. The molecule has 0 aliphatic carbocycles. The van der Waals surface area contributed by atoms with Crippen molar-refractivity contribution in [1.29, 1.82) is 0 Å². The van der Waals surface area contributed by atoms with Crippen LogP contribution < -0.4 is 5.56 Å². The summed E-state index contributed by atoms with van der Waals surface area (Å²) in [6.07, 6.45) is 1.48. The lowest BCUT2D eigenvalue weighted by molar-refractivity contribution is 0.958. The molecule has 2 N–H and O–H groups in total. The van der Waals surface area contributed by atoms with Gasteiger partial charge in [-0.25, -0.2) is 4.98 Å². The Bertz CT molecular complexity index is 765. The number of nitrogens with zero attached hydrogens (tertiary/aromatic N) is 2. The first-order valence-electron chi connectivity index (χ1n) is 5.53. The minimum atomic E-state index is -0.169. The zero-order chi connectivity index (χ0) is 13.2. The Labute approximate surface area is 121 Å². The summed E-state index contributed by atoms with van der Waals surface area (Å²) in [5.41, 5.74) is 1.51. The van der Waals surface area contributed by atoms with Gasteiger partial charge in [0.1, 0.15) is 5.39 Å². The van der Waals surface area contributed by atoms with E-state index in [0.717, 1.165) is 10.2 Å². The number of hydrogen-bond donors (Lipinski definition) is 2. The summed E-state index contributed by atoms with van der Waals surface area (Å²) >= 11 is 4.88. The third-order valence-corrected chi connectivity index (χ3v) is 4.06. The highest BCUT2D eigenvalue weighted by Gasteiger charge is 2.06. The summed E-state index contributed by atoms with van der Waals surface area (Å²) < 4.78 is 1.05. The third kappa shape index (κ3) is 2.71. The molecular formula is C12H9BrN4OS. The molecule has 96 valence electrons. The lowest BCUT2D eigenvalue weighted by Crippen LogP contribution is -2.08. The number of thioether (sulfide) groups is 1. The molecule has 0 aliphatic heterocycles. The number of nitrogens with one attached hydrogen (secondary N) is 2. The second kappa shape index (κ2) is 5.18. The molecule has 2 heterocycles.